The molecule has 0 bridgehead atoms. The fraction of sp³-hybridized carbons (Fsp3) is 0.917. The molecular weight excluding hydrogens is 220 g/mol. The van der Waals surface area contributed by atoms with Crippen LogP contribution in [0.15, 0.2) is 0 Å². The van der Waals surface area contributed by atoms with Gasteiger partial charge in [-0.1, -0.05) is 0 Å². The minimum atomic E-state index is 0.204. The maximum Gasteiger partial charge on any atom is 0.226 e. The van der Waals surface area contributed by atoms with Gasteiger partial charge in [-0.3, -0.25) is 4.79 Å². The standard InChI is InChI=1S/C12H24N2OS/c1-10(6-8-16-3)14(2)12(15)11-5-4-7-13-9-11/h10-11,13H,4-9H2,1-3H3/t10?,11-/m0/s1. The summed E-state index contributed by atoms with van der Waals surface area (Å²) in [5.74, 6) is 1.65. The van der Waals surface area contributed by atoms with E-state index >= 15 is 0 Å². The van der Waals surface area contributed by atoms with Gasteiger partial charge in [-0.25, -0.2) is 0 Å². The summed E-state index contributed by atoms with van der Waals surface area (Å²) in [5, 5.41) is 3.30. The van der Waals surface area contributed by atoms with Crippen LogP contribution in [-0.2, 0) is 4.79 Å². The van der Waals surface area contributed by atoms with E-state index in [1.165, 1.54) is 0 Å². The quantitative estimate of drug-likeness (QED) is 0.797. The molecule has 94 valence electrons. The van der Waals surface area contributed by atoms with Crippen LogP contribution in [0.25, 0.3) is 0 Å². The highest BCUT2D eigenvalue weighted by Gasteiger charge is 2.25. The molecule has 4 heteroatoms. The Morgan fingerprint density at radius 2 is 2.38 bits per heavy atom. The lowest BCUT2D eigenvalue weighted by atomic mass is 9.97. The van der Waals surface area contributed by atoms with Crippen LogP contribution in [-0.4, -0.2) is 49.0 Å². The van der Waals surface area contributed by atoms with Crippen LogP contribution in [0.3, 0.4) is 0 Å². The smallest absolute Gasteiger partial charge is 0.226 e. The molecule has 1 saturated heterocycles. The van der Waals surface area contributed by atoms with Crippen molar-refractivity contribution in [2.24, 2.45) is 5.92 Å². The summed E-state index contributed by atoms with van der Waals surface area (Å²) in [7, 11) is 1.95. The second kappa shape index (κ2) is 7.17. The average molecular weight is 244 g/mol. The molecule has 0 aliphatic carbocycles. The molecule has 0 aromatic rings. The van der Waals surface area contributed by atoms with E-state index in [0.29, 0.717) is 11.9 Å². The Labute approximate surface area is 103 Å². The van der Waals surface area contributed by atoms with Crippen molar-refractivity contribution in [1.29, 1.82) is 0 Å². The summed E-state index contributed by atoms with van der Waals surface area (Å²) in [6.45, 7) is 4.07. The zero-order valence-electron chi connectivity index (χ0n) is 10.7. The highest BCUT2D eigenvalue weighted by molar-refractivity contribution is 7.98. The van der Waals surface area contributed by atoms with E-state index in [4.69, 9.17) is 0 Å². The molecule has 0 aromatic heterocycles. The number of thioether (sulfide) groups is 1. The van der Waals surface area contributed by atoms with Crippen LogP contribution in [0.5, 0.6) is 0 Å². The fourth-order valence-electron chi connectivity index (χ4n) is 2.05. The van der Waals surface area contributed by atoms with Crippen molar-refractivity contribution in [3.63, 3.8) is 0 Å². The summed E-state index contributed by atoms with van der Waals surface area (Å²) < 4.78 is 0. The lowest BCUT2D eigenvalue weighted by Gasteiger charge is -2.31. The van der Waals surface area contributed by atoms with Gasteiger partial charge in [0, 0.05) is 19.6 Å². The zero-order valence-corrected chi connectivity index (χ0v) is 11.5. The van der Waals surface area contributed by atoms with Crippen LogP contribution < -0.4 is 5.32 Å². The van der Waals surface area contributed by atoms with Crippen LogP contribution in [0.2, 0.25) is 0 Å². The maximum atomic E-state index is 12.2. The lowest BCUT2D eigenvalue weighted by molar-refractivity contribution is -0.136. The van der Waals surface area contributed by atoms with Crippen molar-refractivity contribution < 1.29 is 4.79 Å². The SMILES string of the molecule is CSCCC(C)N(C)C(=O)[C@H]1CCCNC1. The van der Waals surface area contributed by atoms with Gasteiger partial charge in [0.15, 0.2) is 0 Å². The van der Waals surface area contributed by atoms with Crippen molar-refractivity contribution in [1.82, 2.24) is 10.2 Å². The summed E-state index contributed by atoms with van der Waals surface area (Å²) in [6, 6.07) is 0.363. The molecule has 1 amide bonds. The Hall–Kier alpha value is -0.220. The Morgan fingerprint density at radius 1 is 1.62 bits per heavy atom. The first-order valence-electron chi connectivity index (χ1n) is 6.13. The highest BCUT2D eigenvalue weighted by atomic mass is 32.2. The Kier molecular flexibility index (Phi) is 6.21. The van der Waals surface area contributed by atoms with Crippen molar-refractivity contribution in [3.8, 4) is 0 Å². The second-order valence-corrected chi connectivity index (χ2v) is 5.61. The molecule has 0 radical (unpaired) electrons. The molecule has 1 aliphatic heterocycles. The van der Waals surface area contributed by atoms with Gasteiger partial charge < -0.3 is 10.2 Å². The summed E-state index contributed by atoms with van der Waals surface area (Å²) >= 11 is 1.84. The molecule has 0 spiro atoms. The van der Waals surface area contributed by atoms with Crippen molar-refractivity contribution in [2.45, 2.75) is 32.2 Å². The number of nitrogens with zero attached hydrogens (tertiary/aromatic N) is 1. The number of nitrogens with one attached hydrogen (secondary N) is 1. The van der Waals surface area contributed by atoms with E-state index in [2.05, 4.69) is 18.5 Å². The van der Waals surface area contributed by atoms with Crippen molar-refractivity contribution in [3.05, 3.63) is 0 Å². The predicted octanol–water partition coefficient (Wildman–Crippen LogP) is 1.59. The summed E-state index contributed by atoms with van der Waals surface area (Å²) in [5.41, 5.74) is 0. The Balaban J connectivity index is 2.38. The summed E-state index contributed by atoms with van der Waals surface area (Å²) in [6.07, 6.45) is 5.37. The van der Waals surface area contributed by atoms with Crippen LogP contribution in [0, 0.1) is 5.92 Å². The fourth-order valence-corrected chi connectivity index (χ4v) is 2.63. The first-order chi connectivity index (χ1) is 7.66. The molecule has 0 aromatic carbocycles. The van der Waals surface area contributed by atoms with Crippen molar-refractivity contribution >= 4 is 17.7 Å². The minimum absolute atomic E-state index is 0.204. The van der Waals surface area contributed by atoms with Crippen molar-refractivity contribution in [2.75, 3.05) is 32.1 Å². The normalized spacial score (nSPS) is 22.8. The molecule has 1 N–H and O–H groups in total. The van der Waals surface area contributed by atoms with Gasteiger partial charge in [0.05, 0.1) is 5.92 Å². The molecular formula is C12H24N2OS. The monoisotopic (exact) mass is 244 g/mol. The molecule has 0 saturated carbocycles. The minimum Gasteiger partial charge on any atom is -0.343 e. The topological polar surface area (TPSA) is 32.3 Å². The van der Waals surface area contributed by atoms with Gasteiger partial charge in [-0.2, -0.15) is 11.8 Å². The number of hydrogen-bond donors (Lipinski definition) is 1. The molecule has 1 unspecified atom stereocenters. The number of piperidine rings is 1. The largest absolute Gasteiger partial charge is 0.343 e. The van der Waals surface area contributed by atoms with E-state index in [1.54, 1.807) is 0 Å². The molecule has 1 rings (SSSR count). The number of carbonyl (C=O) groups excluding carboxylic acids is 1. The van der Waals surface area contributed by atoms with Gasteiger partial charge >= 0.3 is 0 Å². The first-order valence-corrected chi connectivity index (χ1v) is 7.52. The maximum absolute atomic E-state index is 12.2. The third-order valence-corrected chi connectivity index (χ3v) is 4.04. The van der Waals surface area contributed by atoms with Crippen LogP contribution >= 0.6 is 11.8 Å². The Bertz CT molecular complexity index is 217. The van der Waals surface area contributed by atoms with E-state index in [9.17, 15) is 4.79 Å². The first kappa shape index (κ1) is 13.8. The third-order valence-electron chi connectivity index (χ3n) is 3.39. The van der Waals surface area contributed by atoms with E-state index in [1.807, 2.05) is 23.7 Å². The number of carbonyl (C=O) groups is 1. The van der Waals surface area contributed by atoms with Gasteiger partial charge in [-0.05, 0) is 44.7 Å². The van der Waals surface area contributed by atoms with Crippen LogP contribution in [0.4, 0.5) is 0 Å². The van der Waals surface area contributed by atoms with Gasteiger partial charge in [0.2, 0.25) is 5.91 Å². The van der Waals surface area contributed by atoms with Crippen LogP contribution in [0.1, 0.15) is 26.2 Å². The molecule has 2 atom stereocenters. The van der Waals surface area contributed by atoms with E-state index in [0.717, 1.165) is 38.1 Å². The third kappa shape index (κ3) is 3.98. The average Bonchev–Trinajstić information content (AvgIpc) is 2.35. The van der Waals surface area contributed by atoms with Gasteiger partial charge in [0.1, 0.15) is 0 Å². The molecule has 1 heterocycles. The van der Waals surface area contributed by atoms with Gasteiger partial charge in [-0.15, -0.1) is 0 Å². The Morgan fingerprint density at radius 3 is 2.94 bits per heavy atom. The number of amides is 1. The molecule has 1 aliphatic rings. The summed E-state index contributed by atoms with van der Waals surface area (Å²) in [4.78, 5) is 14.1. The lowest BCUT2D eigenvalue weighted by Crippen LogP contribution is -2.44. The molecule has 1 fully saturated rings. The van der Waals surface area contributed by atoms with E-state index in [-0.39, 0.29) is 5.92 Å². The molecule has 16 heavy (non-hydrogen) atoms. The zero-order chi connectivity index (χ0) is 12.0. The second-order valence-electron chi connectivity index (χ2n) is 4.62. The molecule has 3 nitrogen and oxygen atoms in total. The number of rotatable bonds is 5. The predicted molar refractivity (Wildman–Crippen MR) is 70.8 cm³/mol. The highest BCUT2D eigenvalue weighted by Crippen LogP contribution is 2.15. The van der Waals surface area contributed by atoms with E-state index < -0.39 is 0 Å². The number of hydrogen-bond acceptors (Lipinski definition) is 3. The van der Waals surface area contributed by atoms with Gasteiger partial charge in [0.25, 0.3) is 0 Å².